The fourth-order valence-corrected chi connectivity index (χ4v) is 5.17. The molecule has 0 saturated heterocycles. The smallest absolute Gasteiger partial charge is 0.415 e. The van der Waals surface area contributed by atoms with Crippen molar-refractivity contribution in [3.8, 4) is 5.75 Å². The zero-order chi connectivity index (χ0) is 30.2. The minimum atomic E-state index is -0.716. The van der Waals surface area contributed by atoms with E-state index >= 15 is 0 Å². The maximum atomic E-state index is 13.4. The molecular weight excluding hydrogens is 536 g/mol. The molecule has 220 valence electrons. The standard InChI is InChI=1S/C33H42N2O5S/c1-8-28(35(31(38)40-33(5,6)7)23-25-18-13-10-14-19-25)41-27-21-15-20-26(29(27)36)34(30(37)39-32(2,3)4)22-24-16-11-9-12-17-24/h9-21,28,36H,8,22-23H2,1-7H3. The van der Waals surface area contributed by atoms with Crippen LogP contribution in [0.2, 0.25) is 0 Å². The van der Waals surface area contributed by atoms with E-state index in [1.54, 1.807) is 23.1 Å². The predicted octanol–water partition coefficient (Wildman–Crippen LogP) is 8.60. The van der Waals surface area contributed by atoms with E-state index in [1.807, 2.05) is 109 Å². The first-order valence-electron chi connectivity index (χ1n) is 13.8. The summed E-state index contributed by atoms with van der Waals surface area (Å²) in [7, 11) is 0. The third kappa shape index (κ3) is 9.74. The van der Waals surface area contributed by atoms with Crippen LogP contribution in [0.15, 0.2) is 83.8 Å². The van der Waals surface area contributed by atoms with Gasteiger partial charge in [0.05, 0.1) is 29.0 Å². The Morgan fingerprint density at radius 2 is 1.27 bits per heavy atom. The maximum Gasteiger partial charge on any atom is 0.415 e. The maximum absolute atomic E-state index is 13.4. The molecule has 0 fully saturated rings. The number of benzene rings is 3. The molecule has 1 atom stereocenters. The van der Waals surface area contributed by atoms with Crippen LogP contribution >= 0.6 is 11.8 Å². The Balaban J connectivity index is 1.97. The summed E-state index contributed by atoms with van der Waals surface area (Å²) in [6, 6.07) is 24.6. The van der Waals surface area contributed by atoms with E-state index in [-0.39, 0.29) is 17.7 Å². The lowest BCUT2D eigenvalue weighted by Crippen LogP contribution is -2.41. The lowest BCUT2D eigenvalue weighted by Gasteiger charge is -2.33. The van der Waals surface area contributed by atoms with Crippen molar-refractivity contribution in [3.63, 3.8) is 0 Å². The molecule has 3 rings (SSSR count). The second kappa shape index (κ2) is 13.8. The SMILES string of the molecule is CCC(Sc1cccc(N(Cc2ccccc2)C(=O)OC(C)(C)C)c1O)N(Cc1ccccc1)C(=O)OC(C)(C)C. The number of rotatable bonds is 9. The Labute approximate surface area is 248 Å². The van der Waals surface area contributed by atoms with Gasteiger partial charge in [-0.15, -0.1) is 0 Å². The number of phenolic OH excluding ortho intramolecular Hbond substituents is 1. The normalized spacial score (nSPS) is 12.4. The van der Waals surface area contributed by atoms with Crippen molar-refractivity contribution >= 4 is 29.6 Å². The molecule has 1 N–H and O–H groups in total. The Hall–Kier alpha value is -3.65. The highest BCUT2D eigenvalue weighted by molar-refractivity contribution is 8.00. The second-order valence-corrected chi connectivity index (χ2v) is 13.0. The first-order valence-corrected chi connectivity index (χ1v) is 14.7. The van der Waals surface area contributed by atoms with Crippen molar-refractivity contribution in [1.29, 1.82) is 0 Å². The number of para-hydroxylation sites is 1. The first-order chi connectivity index (χ1) is 19.3. The summed E-state index contributed by atoms with van der Waals surface area (Å²) < 4.78 is 11.5. The third-order valence-corrected chi connectivity index (χ3v) is 7.29. The van der Waals surface area contributed by atoms with Gasteiger partial charge in [-0.1, -0.05) is 85.4 Å². The van der Waals surface area contributed by atoms with E-state index in [4.69, 9.17) is 9.47 Å². The van der Waals surface area contributed by atoms with Crippen molar-refractivity contribution in [3.05, 3.63) is 90.0 Å². The molecule has 3 aromatic carbocycles. The fourth-order valence-electron chi connectivity index (χ4n) is 4.05. The topological polar surface area (TPSA) is 79.3 Å². The molecule has 0 radical (unpaired) electrons. The largest absolute Gasteiger partial charge is 0.505 e. The minimum Gasteiger partial charge on any atom is -0.505 e. The summed E-state index contributed by atoms with van der Waals surface area (Å²) in [5.74, 6) is -0.0541. The van der Waals surface area contributed by atoms with Gasteiger partial charge in [0.15, 0.2) is 5.75 Å². The lowest BCUT2D eigenvalue weighted by atomic mass is 10.2. The number of hydrogen-bond acceptors (Lipinski definition) is 6. The molecule has 0 saturated carbocycles. The van der Waals surface area contributed by atoms with Crippen LogP contribution in [-0.2, 0) is 22.6 Å². The molecule has 7 nitrogen and oxygen atoms in total. The van der Waals surface area contributed by atoms with Gasteiger partial charge < -0.3 is 14.6 Å². The number of ether oxygens (including phenoxy) is 2. The molecule has 0 aliphatic rings. The fraction of sp³-hybridized carbons (Fsp3) is 0.394. The molecule has 0 aromatic heterocycles. The van der Waals surface area contributed by atoms with E-state index < -0.39 is 23.4 Å². The highest BCUT2D eigenvalue weighted by atomic mass is 32.2. The molecule has 0 heterocycles. The van der Waals surface area contributed by atoms with Crippen molar-refractivity contribution in [2.24, 2.45) is 0 Å². The summed E-state index contributed by atoms with van der Waals surface area (Å²) in [6.07, 6.45) is -0.402. The monoisotopic (exact) mass is 578 g/mol. The highest BCUT2D eigenvalue weighted by Crippen LogP contribution is 2.41. The summed E-state index contributed by atoms with van der Waals surface area (Å²) >= 11 is 1.36. The van der Waals surface area contributed by atoms with Crippen LogP contribution in [0, 0.1) is 0 Å². The summed E-state index contributed by atoms with van der Waals surface area (Å²) in [5.41, 5.74) is 0.806. The number of nitrogens with zero attached hydrogens (tertiary/aromatic N) is 2. The first kappa shape index (κ1) is 31.9. The Kier molecular flexibility index (Phi) is 10.7. The Morgan fingerprint density at radius 3 is 1.78 bits per heavy atom. The number of carbonyl (C=O) groups excluding carboxylic acids is 2. The van der Waals surface area contributed by atoms with Crippen LogP contribution in [0.25, 0.3) is 0 Å². The predicted molar refractivity (Wildman–Crippen MR) is 165 cm³/mol. The molecule has 8 heteroatoms. The molecule has 3 aromatic rings. The Morgan fingerprint density at radius 1 is 0.756 bits per heavy atom. The highest BCUT2D eigenvalue weighted by Gasteiger charge is 2.31. The number of thioether (sulfide) groups is 1. The van der Waals surface area contributed by atoms with Crippen LogP contribution in [0.5, 0.6) is 5.75 Å². The van der Waals surface area contributed by atoms with Gasteiger partial charge in [0, 0.05) is 0 Å². The average molecular weight is 579 g/mol. The van der Waals surface area contributed by atoms with Crippen molar-refractivity contribution in [2.75, 3.05) is 4.90 Å². The third-order valence-electron chi connectivity index (χ3n) is 5.85. The second-order valence-electron chi connectivity index (χ2n) is 11.8. The quantitative estimate of drug-likeness (QED) is 0.202. The number of anilines is 1. The van der Waals surface area contributed by atoms with Gasteiger partial charge in [0.25, 0.3) is 0 Å². The van der Waals surface area contributed by atoms with Crippen molar-refractivity contribution in [1.82, 2.24) is 4.90 Å². The van der Waals surface area contributed by atoms with Crippen LogP contribution in [0.1, 0.15) is 66.0 Å². The van der Waals surface area contributed by atoms with Gasteiger partial charge in [-0.25, -0.2) is 9.59 Å². The summed E-state index contributed by atoms with van der Waals surface area (Å²) in [5, 5.41) is 11.2. The molecule has 0 aliphatic carbocycles. The van der Waals surface area contributed by atoms with Gasteiger partial charge >= 0.3 is 12.2 Å². The van der Waals surface area contributed by atoms with Gasteiger partial charge in [-0.3, -0.25) is 9.80 Å². The molecular formula is C33H42N2O5S. The molecule has 0 spiro atoms. The molecule has 41 heavy (non-hydrogen) atoms. The van der Waals surface area contributed by atoms with Crippen LogP contribution in [-0.4, -0.2) is 38.8 Å². The van der Waals surface area contributed by atoms with E-state index in [2.05, 4.69) is 0 Å². The molecule has 1 unspecified atom stereocenters. The van der Waals surface area contributed by atoms with E-state index in [0.717, 1.165) is 11.1 Å². The van der Waals surface area contributed by atoms with Gasteiger partial charge in [-0.05, 0) is 71.2 Å². The van der Waals surface area contributed by atoms with Crippen molar-refractivity contribution < 1.29 is 24.2 Å². The average Bonchev–Trinajstić information content (AvgIpc) is 2.89. The number of hydrogen-bond donors (Lipinski definition) is 1. The number of phenols is 1. The molecule has 2 amide bonds. The number of carbonyl (C=O) groups is 2. The summed E-state index contributed by atoms with van der Waals surface area (Å²) in [4.78, 5) is 30.4. The lowest BCUT2D eigenvalue weighted by molar-refractivity contribution is 0.0208. The Bertz CT molecular complexity index is 1290. The van der Waals surface area contributed by atoms with Crippen molar-refractivity contribution in [2.45, 2.75) is 89.4 Å². The van der Waals surface area contributed by atoms with Crippen LogP contribution in [0.4, 0.5) is 15.3 Å². The van der Waals surface area contributed by atoms with E-state index in [9.17, 15) is 14.7 Å². The number of amides is 2. The molecule has 0 bridgehead atoms. The number of aromatic hydroxyl groups is 1. The van der Waals surface area contributed by atoms with Gasteiger partial charge in [0.1, 0.15) is 11.2 Å². The van der Waals surface area contributed by atoms with Crippen LogP contribution < -0.4 is 4.90 Å². The zero-order valence-corrected chi connectivity index (χ0v) is 25.9. The minimum absolute atomic E-state index is 0.0541. The van der Waals surface area contributed by atoms with Gasteiger partial charge in [0.2, 0.25) is 0 Å². The van der Waals surface area contributed by atoms with Gasteiger partial charge in [-0.2, -0.15) is 0 Å². The summed E-state index contributed by atoms with van der Waals surface area (Å²) in [6.45, 7) is 13.5. The van der Waals surface area contributed by atoms with E-state index in [0.29, 0.717) is 23.5 Å². The van der Waals surface area contributed by atoms with Crippen LogP contribution in [0.3, 0.4) is 0 Å². The molecule has 0 aliphatic heterocycles. The zero-order valence-electron chi connectivity index (χ0n) is 25.1. The van der Waals surface area contributed by atoms with E-state index in [1.165, 1.54) is 16.7 Å².